The highest BCUT2D eigenvalue weighted by atomic mass is 32.2. The number of hydrogen-bond acceptors (Lipinski definition) is 6. The fourth-order valence-corrected chi connectivity index (χ4v) is 4.94. The van der Waals surface area contributed by atoms with Crippen LogP contribution in [0.5, 0.6) is 0 Å². The van der Waals surface area contributed by atoms with Crippen molar-refractivity contribution >= 4 is 33.4 Å². The van der Waals surface area contributed by atoms with Crippen LogP contribution in [0.15, 0.2) is 42.5 Å². The number of nitriles is 1. The standard InChI is InChI=1S/C21H18N4O5S/c22-10-13-1-3-14(4-2-13)12-31(29,30)24-16-5-6-17-15(9-16)11-25(21(17)28)18-7-8-19(26)23-20(18)27/h1-6,9,18,24H,7-8,11-12H2,(H,23,26,27). The number of rotatable bonds is 5. The van der Waals surface area contributed by atoms with Gasteiger partial charge < -0.3 is 4.90 Å². The van der Waals surface area contributed by atoms with E-state index in [9.17, 15) is 22.8 Å². The zero-order valence-corrected chi connectivity index (χ0v) is 17.1. The lowest BCUT2D eigenvalue weighted by Crippen LogP contribution is -2.52. The molecule has 31 heavy (non-hydrogen) atoms. The van der Waals surface area contributed by atoms with E-state index in [4.69, 9.17) is 5.26 Å². The van der Waals surface area contributed by atoms with Gasteiger partial charge in [0.05, 0.1) is 17.4 Å². The van der Waals surface area contributed by atoms with Gasteiger partial charge >= 0.3 is 0 Å². The largest absolute Gasteiger partial charge is 0.322 e. The van der Waals surface area contributed by atoms with Crippen molar-refractivity contribution in [1.29, 1.82) is 5.26 Å². The average Bonchev–Trinajstić information content (AvgIpc) is 3.03. The lowest BCUT2D eigenvalue weighted by Gasteiger charge is -2.29. The number of nitrogens with one attached hydrogen (secondary N) is 2. The molecule has 9 nitrogen and oxygen atoms in total. The van der Waals surface area contributed by atoms with E-state index in [0.717, 1.165) is 0 Å². The molecule has 3 amide bonds. The van der Waals surface area contributed by atoms with Gasteiger partial charge in [0, 0.05) is 24.2 Å². The second-order valence-electron chi connectivity index (χ2n) is 7.44. The number of piperidine rings is 1. The second-order valence-corrected chi connectivity index (χ2v) is 9.16. The predicted molar refractivity (Wildman–Crippen MR) is 110 cm³/mol. The monoisotopic (exact) mass is 438 g/mol. The van der Waals surface area contributed by atoms with Crippen LogP contribution in [0.1, 0.15) is 39.9 Å². The van der Waals surface area contributed by atoms with Crippen molar-refractivity contribution in [2.45, 2.75) is 31.2 Å². The summed E-state index contributed by atoms with van der Waals surface area (Å²) in [6, 6.07) is 12.1. The van der Waals surface area contributed by atoms with Crippen molar-refractivity contribution in [3.63, 3.8) is 0 Å². The molecule has 2 heterocycles. The van der Waals surface area contributed by atoms with E-state index in [2.05, 4.69) is 10.0 Å². The Bertz CT molecular complexity index is 1230. The van der Waals surface area contributed by atoms with Crippen LogP contribution in [-0.2, 0) is 31.9 Å². The van der Waals surface area contributed by atoms with Crippen LogP contribution in [0.2, 0.25) is 0 Å². The number of hydrogen-bond donors (Lipinski definition) is 2. The van der Waals surface area contributed by atoms with Crippen LogP contribution < -0.4 is 10.0 Å². The summed E-state index contributed by atoms with van der Waals surface area (Å²) in [4.78, 5) is 37.6. The number of anilines is 1. The molecule has 1 fully saturated rings. The molecule has 0 saturated carbocycles. The molecule has 2 aliphatic heterocycles. The van der Waals surface area contributed by atoms with E-state index in [1.165, 1.54) is 17.0 Å². The zero-order valence-electron chi connectivity index (χ0n) is 16.3. The minimum Gasteiger partial charge on any atom is -0.322 e. The second kappa shape index (κ2) is 7.85. The van der Waals surface area contributed by atoms with Crippen molar-refractivity contribution in [2.75, 3.05) is 4.72 Å². The lowest BCUT2D eigenvalue weighted by atomic mass is 10.0. The predicted octanol–water partition coefficient (Wildman–Crippen LogP) is 1.26. The highest BCUT2D eigenvalue weighted by Gasteiger charge is 2.39. The van der Waals surface area contributed by atoms with Gasteiger partial charge in [0.2, 0.25) is 21.8 Å². The molecule has 158 valence electrons. The molecule has 0 bridgehead atoms. The third-order valence-corrected chi connectivity index (χ3v) is 6.50. The molecule has 1 unspecified atom stereocenters. The van der Waals surface area contributed by atoms with Crippen LogP contribution in [0.25, 0.3) is 0 Å². The molecule has 1 atom stereocenters. The molecule has 0 spiro atoms. The van der Waals surface area contributed by atoms with Gasteiger partial charge in [-0.2, -0.15) is 5.26 Å². The first-order valence-electron chi connectivity index (χ1n) is 9.53. The van der Waals surface area contributed by atoms with Crippen LogP contribution in [0.3, 0.4) is 0 Å². The summed E-state index contributed by atoms with van der Waals surface area (Å²) < 4.78 is 27.6. The molecule has 0 aliphatic carbocycles. The normalized spacial score (nSPS) is 18.4. The summed E-state index contributed by atoms with van der Waals surface area (Å²) in [6.07, 6.45) is 0.422. The molecule has 10 heteroatoms. The van der Waals surface area contributed by atoms with Gasteiger partial charge in [0.25, 0.3) is 5.91 Å². The molecule has 0 radical (unpaired) electrons. The number of carbonyl (C=O) groups excluding carboxylic acids is 3. The topological polar surface area (TPSA) is 136 Å². The Morgan fingerprint density at radius 2 is 1.87 bits per heavy atom. The summed E-state index contributed by atoms with van der Waals surface area (Å²) in [6.45, 7) is 0.158. The summed E-state index contributed by atoms with van der Waals surface area (Å²) >= 11 is 0. The Labute approximate surface area is 178 Å². The molecule has 2 aliphatic rings. The fraction of sp³-hybridized carbons (Fsp3) is 0.238. The SMILES string of the molecule is N#Cc1ccc(CS(=O)(=O)Nc2ccc3c(c2)CN(C2CCC(=O)NC2=O)C3=O)cc1. The number of carbonyl (C=O) groups is 3. The number of benzene rings is 2. The van der Waals surface area contributed by atoms with E-state index in [1.807, 2.05) is 6.07 Å². The molecular weight excluding hydrogens is 420 g/mol. The fourth-order valence-electron chi connectivity index (χ4n) is 3.75. The van der Waals surface area contributed by atoms with Gasteiger partial charge in [0.1, 0.15) is 6.04 Å². The van der Waals surface area contributed by atoms with Crippen molar-refractivity contribution < 1.29 is 22.8 Å². The summed E-state index contributed by atoms with van der Waals surface area (Å²) in [5.41, 5.74) is 2.29. The minimum atomic E-state index is -3.72. The lowest BCUT2D eigenvalue weighted by molar-refractivity contribution is -0.136. The van der Waals surface area contributed by atoms with Gasteiger partial charge in [-0.05, 0) is 47.9 Å². The summed E-state index contributed by atoms with van der Waals surface area (Å²) in [5, 5.41) is 11.1. The molecule has 1 saturated heterocycles. The van der Waals surface area contributed by atoms with E-state index in [-0.39, 0.29) is 37.0 Å². The molecule has 2 N–H and O–H groups in total. The first-order chi connectivity index (χ1) is 14.8. The quantitative estimate of drug-likeness (QED) is 0.675. The Hall–Kier alpha value is -3.71. The Balaban J connectivity index is 1.48. The first kappa shape index (κ1) is 20.6. The number of imide groups is 1. The van der Waals surface area contributed by atoms with Crippen molar-refractivity contribution in [2.24, 2.45) is 0 Å². The average molecular weight is 438 g/mol. The summed E-state index contributed by atoms with van der Waals surface area (Å²) in [7, 11) is -3.72. The first-order valence-corrected chi connectivity index (χ1v) is 11.2. The Morgan fingerprint density at radius 3 is 2.55 bits per heavy atom. The maximum Gasteiger partial charge on any atom is 0.255 e. The number of fused-ring (bicyclic) bond motifs is 1. The van der Waals surface area contributed by atoms with Crippen LogP contribution >= 0.6 is 0 Å². The number of amides is 3. The van der Waals surface area contributed by atoms with Gasteiger partial charge in [-0.25, -0.2) is 8.42 Å². The highest BCUT2D eigenvalue weighted by molar-refractivity contribution is 7.91. The van der Waals surface area contributed by atoms with Crippen molar-refractivity contribution in [3.8, 4) is 6.07 Å². The highest BCUT2D eigenvalue weighted by Crippen LogP contribution is 2.29. The molecule has 2 aromatic carbocycles. The van der Waals surface area contributed by atoms with E-state index < -0.39 is 22.0 Å². The van der Waals surface area contributed by atoms with E-state index in [0.29, 0.717) is 27.9 Å². The third-order valence-electron chi connectivity index (χ3n) is 5.24. The van der Waals surface area contributed by atoms with Gasteiger partial charge in [-0.1, -0.05) is 12.1 Å². The Kier molecular flexibility index (Phi) is 5.20. The van der Waals surface area contributed by atoms with Crippen molar-refractivity contribution in [3.05, 3.63) is 64.7 Å². The van der Waals surface area contributed by atoms with Crippen LogP contribution in [0.4, 0.5) is 5.69 Å². The number of sulfonamides is 1. The molecule has 0 aromatic heterocycles. The minimum absolute atomic E-state index is 0.158. The van der Waals surface area contributed by atoms with E-state index in [1.54, 1.807) is 30.3 Å². The molecule has 4 rings (SSSR count). The Morgan fingerprint density at radius 1 is 1.13 bits per heavy atom. The van der Waals surface area contributed by atoms with E-state index >= 15 is 0 Å². The van der Waals surface area contributed by atoms with Gasteiger partial charge in [-0.3, -0.25) is 24.4 Å². The van der Waals surface area contributed by atoms with Gasteiger partial charge in [-0.15, -0.1) is 0 Å². The zero-order chi connectivity index (χ0) is 22.2. The summed E-state index contributed by atoms with van der Waals surface area (Å²) in [5.74, 6) is -1.45. The number of nitrogens with zero attached hydrogens (tertiary/aromatic N) is 2. The maximum atomic E-state index is 12.7. The smallest absolute Gasteiger partial charge is 0.255 e. The van der Waals surface area contributed by atoms with Crippen molar-refractivity contribution in [1.82, 2.24) is 10.2 Å². The maximum absolute atomic E-state index is 12.7. The molecular formula is C21H18N4O5S. The van der Waals surface area contributed by atoms with Gasteiger partial charge in [0.15, 0.2) is 0 Å². The molecule has 2 aromatic rings. The third kappa shape index (κ3) is 4.27. The van der Waals surface area contributed by atoms with Crippen LogP contribution in [0, 0.1) is 11.3 Å². The van der Waals surface area contributed by atoms with Crippen LogP contribution in [-0.4, -0.2) is 37.1 Å².